The molecule has 0 saturated carbocycles. The zero-order valence-electron chi connectivity index (χ0n) is 8.35. The van der Waals surface area contributed by atoms with Gasteiger partial charge in [-0.25, -0.2) is 0 Å². The predicted octanol–water partition coefficient (Wildman–Crippen LogP) is -0.457. The SMILES string of the molecule is CN(CC(O)CC(=O)O)C1CCOC1. The summed E-state index contributed by atoms with van der Waals surface area (Å²) in [5.41, 5.74) is 0. The molecule has 0 bridgehead atoms. The average molecular weight is 203 g/mol. The van der Waals surface area contributed by atoms with Gasteiger partial charge in [0, 0.05) is 19.2 Å². The van der Waals surface area contributed by atoms with Gasteiger partial charge in [0.2, 0.25) is 0 Å². The zero-order valence-corrected chi connectivity index (χ0v) is 8.35. The molecule has 1 fully saturated rings. The minimum absolute atomic E-state index is 0.197. The number of hydrogen-bond donors (Lipinski definition) is 2. The van der Waals surface area contributed by atoms with Crippen molar-refractivity contribution in [3.63, 3.8) is 0 Å². The van der Waals surface area contributed by atoms with Gasteiger partial charge in [0.25, 0.3) is 0 Å². The topological polar surface area (TPSA) is 70.0 Å². The number of nitrogens with zero attached hydrogens (tertiary/aromatic N) is 1. The fraction of sp³-hybridized carbons (Fsp3) is 0.889. The second kappa shape index (κ2) is 5.29. The first-order chi connectivity index (χ1) is 6.59. The maximum Gasteiger partial charge on any atom is 0.306 e. The van der Waals surface area contributed by atoms with Crippen molar-refractivity contribution < 1.29 is 19.7 Å². The Kier molecular flexibility index (Phi) is 4.31. The first kappa shape index (κ1) is 11.4. The van der Waals surface area contributed by atoms with Crippen molar-refractivity contribution in [1.29, 1.82) is 0 Å². The van der Waals surface area contributed by atoms with Crippen LogP contribution in [0.25, 0.3) is 0 Å². The van der Waals surface area contributed by atoms with Crippen molar-refractivity contribution in [2.24, 2.45) is 0 Å². The maximum absolute atomic E-state index is 10.3. The Morgan fingerprint density at radius 3 is 2.93 bits per heavy atom. The number of aliphatic hydroxyl groups excluding tert-OH is 1. The highest BCUT2D eigenvalue weighted by molar-refractivity contribution is 5.67. The minimum atomic E-state index is -0.964. The molecule has 1 rings (SSSR count). The molecule has 2 atom stereocenters. The molecule has 82 valence electrons. The van der Waals surface area contributed by atoms with Crippen LogP contribution in [-0.4, -0.2) is 60.0 Å². The van der Waals surface area contributed by atoms with Gasteiger partial charge in [-0.05, 0) is 13.5 Å². The van der Waals surface area contributed by atoms with Crippen LogP contribution in [0.15, 0.2) is 0 Å². The molecular formula is C9H17NO4. The lowest BCUT2D eigenvalue weighted by Crippen LogP contribution is -2.38. The number of rotatable bonds is 5. The number of aliphatic carboxylic acids is 1. The molecule has 2 N–H and O–H groups in total. The number of aliphatic hydroxyl groups is 1. The van der Waals surface area contributed by atoms with E-state index in [0.717, 1.165) is 13.0 Å². The van der Waals surface area contributed by atoms with Crippen LogP contribution in [0, 0.1) is 0 Å². The van der Waals surface area contributed by atoms with Gasteiger partial charge >= 0.3 is 5.97 Å². The summed E-state index contributed by atoms with van der Waals surface area (Å²) in [7, 11) is 1.88. The van der Waals surface area contributed by atoms with Crippen LogP contribution in [0.2, 0.25) is 0 Å². The highest BCUT2D eigenvalue weighted by Crippen LogP contribution is 2.11. The molecule has 14 heavy (non-hydrogen) atoms. The summed E-state index contributed by atoms with van der Waals surface area (Å²) < 4.78 is 5.20. The summed E-state index contributed by atoms with van der Waals surface area (Å²) >= 11 is 0. The van der Waals surface area contributed by atoms with Gasteiger partial charge in [-0.1, -0.05) is 0 Å². The third-order valence-electron chi connectivity index (χ3n) is 2.44. The fourth-order valence-corrected chi connectivity index (χ4v) is 1.62. The number of ether oxygens (including phenoxy) is 1. The second-order valence-corrected chi connectivity index (χ2v) is 3.71. The quantitative estimate of drug-likeness (QED) is 0.633. The Morgan fingerprint density at radius 2 is 2.43 bits per heavy atom. The summed E-state index contributed by atoms with van der Waals surface area (Å²) in [6.45, 7) is 1.82. The van der Waals surface area contributed by atoms with Gasteiger partial charge in [0.05, 0.1) is 19.1 Å². The van der Waals surface area contributed by atoms with E-state index < -0.39 is 12.1 Å². The number of carboxylic acid groups (broad SMARTS) is 1. The first-order valence-corrected chi connectivity index (χ1v) is 4.77. The second-order valence-electron chi connectivity index (χ2n) is 3.71. The monoisotopic (exact) mass is 203 g/mol. The number of likely N-dealkylation sites (N-methyl/N-ethyl adjacent to an activating group) is 1. The third-order valence-corrected chi connectivity index (χ3v) is 2.44. The average Bonchev–Trinajstić information content (AvgIpc) is 2.53. The van der Waals surface area contributed by atoms with E-state index in [9.17, 15) is 9.90 Å². The molecule has 5 nitrogen and oxygen atoms in total. The van der Waals surface area contributed by atoms with Crippen molar-refractivity contribution in [3.05, 3.63) is 0 Å². The molecule has 0 spiro atoms. The molecule has 0 aromatic carbocycles. The van der Waals surface area contributed by atoms with Crippen molar-refractivity contribution in [2.45, 2.75) is 25.0 Å². The summed E-state index contributed by atoms with van der Waals surface area (Å²) in [6, 6.07) is 0.318. The Morgan fingerprint density at radius 1 is 1.71 bits per heavy atom. The minimum Gasteiger partial charge on any atom is -0.481 e. The van der Waals surface area contributed by atoms with Crippen molar-refractivity contribution in [2.75, 3.05) is 26.8 Å². The molecule has 0 radical (unpaired) electrons. The number of carbonyl (C=O) groups is 1. The van der Waals surface area contributed by atoms with Gasteiger partial charge in [0.1, 0.15) is 0 Å². The van der Waals surface area contributed by atoms with Crippen LogP contribution in [0.5, 0.6) is 0 Å². The van der Waals surface area contributed by atoms with Crippen LogP contribution in [0.4, 0.5) is 0 Å². The Balaban J connectivity index is 2.24. The van der Waals surface area contributed by atoms with E-state index in [2.05, 4.69) is 0 Å². The molecule has 1 aliphatic rings. The van der Waals surface area contributed by atoms with Gasteiger partial charge in [-0.15, -0.1) is 0 Å². The molecule has 1 heterocycles. The lowest BCUT2D eigenvalue weighted by Gasteiger charge is -2.24. The fourth-order valence-electron chi connectivity index (χ4n) is 1.62. The molecular weight excluding hydrogens is 186 g/mol. The van der Waals surface area contributed by atoms with Crippen molar-refractivity contribution >= 4 is 5.97 Å². The van der Waals surface area contributed by atoms with E-state index in [1.54, 1.807) is 0 Å². The lowest BCUT2D eigenvalue weighted by molar-refractivity contribution is -0.139. The van der Waals surface area contributed by atoms with Gasteiger partial charge in [-0.3, -0.25) is 9.69 Å². The molecule has 0 aliphatic carbocycles. The van der Waals surface area contributed by atoms with Crippen molar-refractivity contribution in [3.8, 4) is 0 Å². The van der Waals surface area contributed by atoms with Crippen molar-refractivity contribution in [1.82, 2.24) is 4.90 Å². The molecule has 1 saturated heterocycles. The highest BCUT2D eigenvalue weighted by Gasteiger charge is 2.22. The molecule has 1 aliphatic heterocycles. The van der Waals surface area contributed by atoms with E-state index >= 15 is 0 Å². The van der Waals surface area contributed by atoms with Crippen LogP contribution < -0.4 is 0 Å². The van der Waals surface area contributed by atoms with E-state index in [0.29, 0.717) is 19.2 Å². The molecule has 0 aromatic rings. The molecule has 5 heteroatoms. The summed E-state index contributed by atoms with van der Waals surface area (Å²) in [6.07, 6.45) is -0.0353. The Labute approximate surface area is 83.3 Å². The molecule has 0 aromatic heterocycles. The van der Waals surface area contributed by atoms with Gasteiger partial charge < -0.3 is 14.9 Å². The smallest absolute Gasteiger partial charge is 0.306 e. The summed E-state index contributed by atoms with van der Waals surface area (Å²) in [5.74, 6) is -0.964. The van der Waals surface area contributed by atoms with Crippen LogP contribution in [0.1, 0.15) is 12.8 Å². The number of hydrogen-bond acceptors (Lipinski definition) is 4. The van der Waals surface area contributed by atoms with E-state index in [-0.39, 0.29) is 6.42 Å². The van der Waals surface area contributed by atoms with E-state index in [4.69, 9.17) is 9.84 Å². The molecule has 2 unspecified atom stereocenters. The van der Waals surface area contributed by atoms with Gasteiger partial charge in [0.15, 0.2) is 0 Å². The van der Waals surface area contributed by atoms with E-state index in [1.807, 2.05) is 11.9 Å². The van der Waals surface area contributed by atoms with Crippen LogP contribution in [0.3, 0.4) is 0 Å². The standard InChI is InChI=1S/C9H17NO4/c1-10(7-2-3-14-6-7)5-8(11)4-9(12)13/h7-8,11H,2-6H2,1H3,(H,12,13). The Hall–Kier alpha value is -0.650. The predicted molar refractivity (Wildman–Crippen MR) is 50.1 cm³/mol. The number of carboxylic acids is 1. The normalized spacial score (nSPS) is 24.1. The van der Waals surface area contributed by atoms with Crippen LogP contribution >= 0.6 is 0 Å². The largest absolute Gasteiger partial charge is 0.481 e. The Bertz CT molecular complexity index is 191. The van der Waals surface area contributed by atoms with E-state index in [1.165, 1.54) is 0 Å². The van der Waals surface area contributed by atoms with Gasteiger partial charge in [-0.2, -0.15) is 0 Å². The summed E-state index contributed by atoms with van der Waals surface area (Å²) in [5, 5.41) is 17.8. The summed E-state index contributed by atoms with van der Waals surface area (Å²) in [4.78, 5) is 12.3. The lowest BCUT2D eigenvalue weighted by atomic mass is 10.2. The first-order valence-electron chi connectivity index (χ1n) is 4.77. The maximum atomic E-state index is 10.3. The zero-order chi connectivity index (χ0) is 10.6. The third kappa shape index (κ3) is 3.61. The highest BCUT2D eigenvalue weighted by atomic mass is 16.5. The van der Waals surface area contributed by atoms with Crippen LogP contribution in [-0.2, 0) is 9.53 Å². The molecule has 0 amide bonds.